The van der Waals surface area contributed by atoms with Gasteiger partial charge >= 0.3 is 0 Å². The molecule has 1 amide bonds. The molecular formula is C15H21N3OS. The second kappa shape index (κ2) is 5.66. The number of nitrogens with zero attached hydrogens (tertiary/aromatic N) is 3. The molecule has 1 unspecified atom stereocenters. The lowest BCUT2D eigenvalue weighted by Crippen LogP contribution is -2.45. The minimum atomic E-state index is 0.156. The normalized spacial score (nSPS) is 24.5. The van der Waals surface area contributed by atoms with E-state index in [9.17, 15) is 4.79 Å². The van der Waals surface area contributed by atoms with E-state index in [-0.39, 0.29) is 11.2 Å². The van der Waals surface area contributed by atoms with Crippen molar-refractivity contribution >= 4 is 29.9 Å². The predicted octanol–water partition coefficient (Wildman–Crippen LogP) is 1.47. The third-order valence-electron chi connectivity index (χ3n) is 4.12. The minimum absolute atomic E-state index is 0.156. The number of hydrogen-bond donors (Lipinski definition) is 1. The molecule has 0 radical (unpaired) electrons. The van der Waals surface area contributed by atoms with Crippen LogP contribution in [0.5, 0.6) is 0 Å². The van der Waals surface area contributed by atoms with Gasteiger partial charge < -0.3 is 14.7 Å². The Morgan fingerprint density at radius 1 is 1.10 bits per heavy atom. The highest BCUT2D eigenvalue weighted by Crippen LogP contribution is 2.33. The van der Waals surface area contributed by atoms with E-state index in [0.29, 0.717) is 13.0 Å². The molecule has 5 heteroatoms. The second-order valence-electron chi connectivity index (χ2n) is 5.64. The zero-order valence-corrected chi connectivity index (χ0v) is 12.7. The van der Waals surface area contributed by atoms with Crippen molar-refractivity contribution in [2.45, 2.75) is 11.7 Å². The number of carbonyl (C=O) groups is 1. The van der Waals surface area contributed by atoms with Gasteiger partial charge in [-0.25, -0.2) is 0 Å². The lowest BCUT2D eigenvalue weighted by molar-refractivity contribution is -0.117. The van der Waals surface area contributed by atoms with Crippen LogP contribution in [0.25, 0.3) is 0 Å². The number of rotatable bonds is 2. The summed E-state index contributed by atoms with van der Waals surface area (Å²) in [6.45, 7) is 4.88. The summed E-state index contributed by atoms with van der Waals surface area (Å²) in [6.07, 6.45) is 0.542. The summed E-state index contributed by atoms with van der Waals surface area (Å²) in [5, 5.41) is 0.156. The van der Waals surface area contributed by atoms with Crippen LogP contribution in [0.3, 0.4) is 0 Å². The fourth-order valence-corrected chi connectivity index (χ4v) is 3.25. The SMILES string of the molecule is CN1CCN(c2ccccc2N2CC(S)CC2=O)CC1. The lowest BCUT2D eigenvalue weighted by atomic mass is 10.2. The van der Waals surface area contributed by atoms with E-state index in [2.05, 4.69) is 47.7 Å². The quantitative estimate of drug-likeness (QED) is 0.836. The van der Waals surface area contributed by atoms with Crippen LogP contribution in [0.1, 0.15) is 6.42 Å². The Balaban J connectivity index is 1.87. The fraction of sp³-hybridized carbons (Fsp3) is 0.533. The molecule has 2 aliphatic heterocycles. The summed E-state index contributed by atoms with van der Waals surface area (Å²) in [7, 11) is 2.15. The van der Waals surface area contributed by atoms with E-state index >= 15 is 0 Å². The molecule has 2 saturated heterocycles. The number of thiol groups is 1. The number of likely N-dealkylation sites (N-methyl/N-ethyl adjacent to an activating group) is 1. The number of carbonyl (C=O) groups excluding carboxylic acids is 1. The Morgan fingerprint density at radius 2 is 1.75 bits per heavy atom. The maximum absolute atomic E-state index is 12.1. The van der Waals surface area contributed by atoms with Gasteiger partial charge in [-0.15, -0.1) is 0 Å². The number of amides is 1. The maximum atomic E-state index is 12.1. The van der Waals surface area contributed by atoms with Crippen LogP contribution in [-0.4, -0.2) is 55.8 Å². The summed E-state index contributed by atoms with van der Waals surface area (Å²) in [5.41, 5.74) is 2.22. The summed E-state index contributed by atoms with van der Waals surface area (Å²) < 4.78 is 0. The largest absolute Gasteiger partial charge is 0.367 e. The zero-order chi connectivity index (χ0) is 14.1. The van der Waals surface area contributed by atoms with E-state index in [4.69, 9.17) is 0 Å². The molecule has 3 rings (SSSR count). The van der Waals surface area contributed by atoms with E-state index < -0.39 is 0 Å². The smallest absolute Gasteiger partial charge is 0.228 e. The summed E-state index contributed by atoms with van der Waals surface area (Å²) >= 11 is 4.45. The van der Waals surface area contributed by atoms with Crippen LogP contribution >= 0.6 is 12.6 Å². The first-order valence-electron chi connectivity index (χ1n) is 7.16. The Labute approximate surface area is 125 Å². The Bertz CT molecular complexity index is 500. The van der Waals surface area contributed by atoms with Gasteiger partial charge in [0, 0.05) is 44.4 Å². The molecule has 1 atom stereocenters. The minimum Gasteiger partial charge on any atom is -0.367 e. The lowest BCUT2D eigenvalue weighted by Gasteiger charge is -2.36. The van der Waals surface area contributed by atoms with Crippen LogP contribution in [0.4, 0.5) is 11.4 Å². The number of para-hydroxylation sites is 2. The summed E-state index contributed by atoms with van der Waals surface area (Å²) in [5.74, 6) is 0.187. The number of benzene rings is 1. The van der Waals surface area contributed by atoms with Gasteiger partial charge in [-0.2, -0.15) is 12.6 Å². The molecule has 0 N–H and O–H groups in total. The van der Waals surface area contributed by atoms with Crippen molar-refractivity contribution in [3.8, 4) is 0 Å². The molecule has 2 heterocycles. The molecule has 0 bridgehead atoms. The molecule has 0 spiro atoms. The van der Waals surface area contributed by atoms with Gasteiger partial charge in [-0.1, -0.05) is 12.1 Å². The molecule has 0 aromatic heterocycles. The standard InChI is InChI=1S/C15H21N3OS/c1-16-6-8-17(9-7-16)13-4-2-3-5-14(13)18-11-12(20)10-15(18)19/h2-5,12,20H,6-11H2,1H3. The molecule has 20 heavy (non-hydrogen) atoms. The molecule has 1 aromatic carbocycles. The molecule has 2 aliphatic rings. The summed E-state index contributed by atoms with van der Waals surface area (Å²) in [6, 6.07) is 8.24. The van der Waals surface area contributed by atoms with Gasteiger partial charge in [-0.05, 0) is 19.2 Å². The van der Waals surface area contributed by atoms with Gasteiger partial charge in [-0.3, -0.25) is 4.79 Å². The van der Waals surface area contributed by atoms with E-state index in [1.807, 2.05) is 11.0 Å². The van der Waals surface area contributed by atoms with Crippen molar-refractivity contribution in [3.63, 3.8) is 0 Å². The van der Waals surface area contributed by atoms with Crippen LogP contribution in [-0.2, 0) is 4.79 Å². The third kappa shape index (κ3) is 2.65. The fourth-order valence-electron chi connectivity index (χ4n) is 2.93. The topological polar surface area (TPSA) is 26.8 Å². The van der Waals surface area contributed by atoms with Crippen molar-refractivity contribution in [2.24, 2.45) is 0 Å². The van der Waals surface area contributed by atoms with Gasteiger partial charge in [0.1, 0.15) is 0 Å². The molecule has 108 valence electrons. The number of anilines is 2. The first-order valence-corrected chi connectivity index (χ1v) is 7.68. The van der Waals surface area contributed by atoms with Crippen molar-refractivity contribution < 1.29 is 4.79 Å². The molecule has 2 fully saturated rings. The number of hydrogen-bond acceptors (Lipinski definition) is 4. The Hall–Kier alpha value is -1.20. The average molecular weight is 291 g/mol. The zero-order valence-electron chi connectivity index (χ0n) is 11.8. The second-order valence-corrected chi connectivity index (χ2v) is 6.37. The monoisotopic (exact) mass is 291 g/mol. The van der Waals surface area contributed by atoms with Crippen LogP contribution in [0.15, 0.2) is 24.3 Å². The van der Waals surface area contributed by atoms with E-state index in [0.717, 1.165) is 31.9 Å². The van der Waals surface area contributed by atoms with Crippen molar-refractivity contribution in [2.75, 3.05) is 49.6 Å². The average Bonchev–Trinajstić information content (AvgIpc) is 2.78. The molecule has 4 nitrogen and oxygen atoms in total. The highest BCUT2D eigenvalue weighted by atomic mass is 32.1. The Kier molecular flexibility index (Phi) is 3.89. The molecular weight excluding hydrogens is 270 g/mol. The predicted molar refractivity (Wildman–Crippen MR) is 85.9 cm³/mol. The van der Waals surface area contributed by atoms with Crippen LogP contribution in [0.2, 0.25) is 0 Å². The maximum Gasteiger partial charge on any atom is 0.228 e. The molecule has 0 aliphatic carbocycles. The molecule has 1 aromatic rings. The third-order valence-corrected chi connectivity index (χ3v) is 4.47. The van der Waals surface area contributed by atoms with Gasteiger partial charge in [0.15, 0.2) is 0 Å². The Morgan fingerprint density at radius 3 is 2.35 bits per heavy atom. The molecule has 0 saturated carbocycles. The first kappa shape index (κ1) is 13.8. The summed E-state index contributed by atoms with van der Waals surface area (Å²) in [4.78, 5) is 18.7. The van der Waals surface area contributed by atoms with Crippen molar-refractivity contribution in [1.82, 2.24) is 4.90 Å². The highest BCUT2D eigenvalue weighted by molar-refractivity contribution is 7.81. The van der Waals surface area contributed by atoms with Gasteiger partial charge in [0.2, 0.25) is 5.91 Å². The van der Waals surface area contributed by atoms with E-state index in [1.54, 1.807) is 0 Å². The van der Waals surface area contributed by atoms with Gasteiger partial charge in [0.05, 0.1) is 11.4 Å². The first-order chi connectivity index (χ1) is 9.65. The van der Waals surface area contributed by atoms with Gasteiger partial charge in [0.25, 0.3) is 0 Å². The number of piperazine rings is 1. The van der Waals surface area contributed by atoms with E-state index in [1.165, 1.54) is 5.69 Å². The highest BCUT2D eigenvalue weighted by Gasteiger charge is 2.30. The van der Waals surface area contributed by atoms with Crippen molar-refractivity contribution in [3.05, 3.63) is 24.3 Å². The van der Waals surface area contributed by atoms with Crippen LogP contribution in [0, 0.1) is 0 Å². The van der Waals surface area contributed by atoms with Crippen molar-refractivity contribution in [1.29, 1.82) is 0 Å². The van der Waals surface area contributed by atoms with Crippen LogP contribution < -0.4 is 9.80 Å².